The van der Waals surface area contributed by atoms with E-state index in [1.807, 2.05) is 6.92 Å². The molecule has 0 aromatic rings. The second kappa shape index (κ2) is 3.23. The van der Waals surface area contributed by atoms with Gasteiger partial charge < -0.3 is 4.90 Å². The average molecular weight is 196 g/mol. The molecular formula is C11H20N2O. The summed E-state index contributed by atoms with van der Waals surface area (Å²) in [5, 5.41) is 3.41. The molecule has 80 valence electrons. The van der Waals surface area contributed by atoms with Crippen LogP contribution in [0.2, 0.25) is 0 Å². The first-order valence-corrected chi connectivity index (χ1v) is 5.69. The van der Waals surface area contributed by atoms with Crippen molar-refractivity contribution in [2.75, 3.05) is 0 Å². The number of hydrogen-bond acceptors (Lipinski definition) is 2. The van der Waals surface area contributed by atoms with Crippen LogP contribution in [0.15, 0.2) is 0 Å². The second-order valence-corrected chi connectivity index (χ2v) is 4.80. The summed E-state index contributed by atoms with van der Waals surface area (Å²) in [5.41, 5.74) is -0.311. The van der Waals surface area contributed by atoms with Gasteiger partial charge in [0.25, 0.3) is 0 Å². The average Bonchev–Trinajstić information content (AvgIpc) is 2.28. The van der Waals surface area contributed by atoms with Crippen molar-refractivity contribution in [1.29, 1.82) is 0 Å². The molecule has 1 N–H and O–H groups in total. The first kappa shape index (κ1) is 9.97. The summed E-state index contributed by atoms with van der Waals surface area (Å²) in [5.74, 6) is 0.303. The number of amides is 1. The van der Waals surface area contributed by atoms with E-state index < -0.39 is 0 Å². The van der Waals surface area contributed by atoms with Crippen molar-refractivity contribution in [3.63, 3.8) is 0 Å². The van der Waals surface area contributed by atoms with Crippen LogP contribution in [0.5, 0.6) is 0 Å². The summed E-state index contributed by atoms with van der Waals surface area (Å²) in [6.07, 6.45) is 4.76. The third-order valence-electron chi connectivity index (χ3n) is 3.83. The van der Waals surface area contributed by atoms with E-state index in [2.05, 4.69) is 24.1 Å². The highest BCUT2D eigenvalue weighted by Crippen LogP contribution is 2.33. The van der Waals surface area contributed by atoms with Crippen LogP contribution >= 0.6 is 0 Å². The molecule has 3 nitrogen and oxygen atoms in total. The molecule has 2 rings (SSSR count). The van der Waals surface area contributed by atoms with E-state index in [0.29, 0.717) is 11.9 Å². The molecule has 0 aromatic heterocycles. The first-order chi connectivity index (χ1) is 6.58. The molecule has 0 aromatic carbocycles. The lowest BCUT2D eigenvalue weighted by molar-refractivity contribution is -0.136. The molecule has 2 aliphatic rings. The summed E-state index contributed by atoms with van der Waals surface area (Å²) < 4.78 is 0. The standard InChI is InChI=1S/C11H20N2O/c1-4-11(3)10(14)13(8(2)12-11)9-6-5-7-9/h8-9,12H,4-7H2,1-3H3. The van der Waals surface area contributed by atoms with E-state index in [-0.39, 0.29) is 11.7 Å². The van der Waals surface area contributed by atoms with Gasteiger partial charge in [-0.25, -0.2) is 0 Å². The highest BCUT2D eigenvalue weighted by atomic mass is 16.2. The van der Waals surface area contributed by atoms with E-state index in [1.54, 1.807) is 0 Å². The van der Waals surface area contributed by atoms with Crippen molar-refractivity contribution in [3.8, 4) is 0 Å². The Morgan fingerprint density at radius 3 is 2.57 bits per heavy atom. The molecule has 0 bridgehead atoms. The predicted molar refractivity (Wildman–Crippen MR) is 55.8 cm³/mol. The summed E-state index contributed by atoms with van der Waals surface area (Å²) in [6.45, 7) is 6.18. The van der Waals surface area contributed by atoms with Gasteiger partial charge >= 0.3 is 0 Å². The molecule has 0 spiro atoms. The molecule has 14 heavy (non-hydrogen) atoms. The monoisotopic (exact) mass is 196 g/mol. The largest absolute Gasteiger partial charge is 0.323 e. The second-order valence-electron chi connectivity index (χ2n) is 4.80. The van der Waals surface area contributed by atoms with Crippen LogP contribution in [-0.2, 0) is 4.79 Å². The van der Waals surface area contributed by atoms with Gasteiger partial charge in [-0.2, -0.15) is 0 Å². The van der Waals surface area contributed by atoms with Gasteiger partial charge in [0.2, 0.25) is 5.91 Å². The number of rotatable bonds is 2. The van der Waals surface area contributed by atoms with E-state index in [9.17, 15) is 4.79 Å². The fourth-order valence-electron chi connectivity index (χ4n) is 2.45. The minimum absolute atomic E-state index is 0.220. The summed E-state index contributed by atoms with van der Waals surface area (Å²) >= 11 is 0. The minimum Gasteiger partial charge on any atom is -0.323 e. The van der Waals surface area contributed by atoms with Crippen molar-refractivity contribution < 1.29 is 4.79 Å². The number of carbonyl (C=O) groups is 1. The molecular weight excluding hydrogens is 176 g/mol. The van der Waals surface area contributed by atoms with Crippen molar-refractivity contribution >= 4 is 5.91 Å². The molecule has 1 aliphatic heterocycles. The van der Waals surface area contributed by atoms with E-state index >= 15 is 0 Å². The molecule has 1 saturated heterocycles. The zero-order valence-corrected chi connectivity index (χ0v) is 9.34. The predicted octanol–water partition coefficient (Wildman–Crippen LogP) is 1.49. The SMILES string of the molecule is CCC1(C)NC(C)N(C2CCC2)C1=O. The summed E-state index contributed by atoms with van der Waals surface area (Å²) in [6, 6.07) is 0.512. The lowest BCUT2D eigenvalue weighted by atomic mass is 9.90. The highest BCUT2D eigenvalue weighted by molar-refractivity contribution is 5.88. The number of nitrogens with one attached hydrogen (secondary N) is 1. The van der Waals surface area contributed by atoms with E-state index in [0.717, 1.165) is 6.42 Å². The zero-order valence-electron chi connectivity index (χ0n) is 9.34. The van der Waals surface area contributed by atoms with Gasteiger partial charge in [0.15, 0.2) is 0 Å². The van der Waals surface area contributed by atoms with Crippen molar-refractivity contribution in [1.82, 2.24) is 10.2 Å². The van der Waals surface area contributed by atoms with Crippen LogP contribution in [-0.4, -0.2) is 28.6 Å². The third kappa shape index (κ3) is 1.26. The van der Waals surface area contributed by atoms with Crippen LogP contribution in [0, 0.1) is 0 Å². The Balaban J connectivity index is 2.15. The molecule has 1 aliphatic carbocycles. The third-order valence-corrected chi connectivity index (χ3v) is 3.83. The van der Waals surface area contributed by atoms with Gasteiger partial charge in [0.05, 0.1) is 11.7 Å². The molecule has 2 fully saturated rings. The Kier molecular flexibility index (Phi) is 2.30. The maximum atomic E-state index is 12.2. The Bertz CT molecular complexity index is 250. The number of nitrogens with zero attached hydrogens (tertiary/aromatic N) is 1. The maximum Gasteiger partial charge on any atom is 0.244 e. The van der Waals surface area contributed by atoms with Gasteiger partial charge in [-0.3, -0.25) is 10.1 Å². The highest BCUT2D eigenvalue weighted by Gasteiger charge is 2.48. The van der Waals surface area contributed by atoms with E-state index in [4.69, 9.17) is 0 Å². The molecule has 0 radical (unpaired) electrons. The van der Waals surface area contributed by atoms with Gasteiger partial charge in [0.1, 0.15) is 0 Å². The van der Waals surface area contributed by atoms with Crippen LogP contribution in [0.3, 0.4) is 0 Å². The van der Waals surface area contributed by atoms with Crippen molar-refractivity contribution in [3.05, 3.63) is 0 Å². The van der Waals surface area contributed by atoms with E-state index in [1.165, 1.54) is 19.3 Å². The summed E-state index contributed by atoms with van der Waals surface area (Å²) in [7, 11) is 0. The molecule has 3 heteroatoms. The molecule has 2 unspecified atom stereocenters. The van der Waals surface area contributed by atoms with Crippen LogP contribution in [0.1, 0.15) is 46.5 Å². The molecule has 2 atom stereocenters. The Morgan fingerprint density at radius 2 is 2.21 bits per heavy atom. The smallest absolute Gasteiger partial charge is 0.244 e. The fraction of sp³-hybridized carbons (Fsp3) is 0.909. The minimum atomic E-state index is -0.311. The quantitative estimate of drug-likeness (QED) is 0.725. The molecule has 1 amide bonds. The van der Waals surface area contributed by atoms with Gasteiger partial charge in [-0.05, 0) is 39.5 Å². The van der Waals surface area contributed by atoms with Crippen LogP contribution in [0.4, 0.5) is 0 Å². The van der Waals surface area contributed by atoms with Crippen molar-refractivity contribution in [2.45, 2.75) is 64.2 Å². The molecule has 1 heterocycles. The lowest BCUT2D eigenvalue weighted by Gasteiger charge is -2.37. The maximum absolute atomic E-state index is 12.2. The van der Waals surface area contributed by atoms with Crippen LogP contribution < -0.4 is 5.32 Å². The molecule has 1 saturated carbocycles. The van der Waals surface area contributed by atoms with Gasteiger partial charge in [-0.1, -0.05) is 6.92 Å². The number of carbonyl (C=O) groups excluding carboxylic acids is 1. The van der Waals surface area contributed by atoms with Gasteiger partial charge in [-0.15, -0.1) is 0 Å². The normalized spacial score (nSPS) is 38.9. The zero-order chi connectivity index (χ0) is 10.3. The van der Waals surface area contributed by atoms with Gasteiger partial charge in [0, 0.05) is 6.04 Å². The fourth-order valence-corrected chi connectivity index (χ4v) is 2.45. The lowest BCUT2D eigenvalue weighted by Crippen LogP contribution is -2.47. The summed E-state index contributed by atoms with van der Waals surface area (Å²) in [4.78, 5) is 14.2. The number of hydrogen-bond donors (Lipinski definition) is 1. The first-order valence-electron chi connectivity index (χ1n) is 5.69. The topological polar surface area (TPSA) is 32.3 Å². The Hall–Kier alpha value is -0.570. The Labute approximate surface area is 85.8 Å². The van der Waals surface area contributed by atoms with Crippen molar-refractivity contribution in [2.24, 2.45) is 0 Å². The Morgan fingerprint density at radius 1 is 1.57 bits per heavy atom. The van der Waals surface area contributed by atoms with Crippen LogP contribution in [0.25, 0.3) is 0 Å².